The number of ether oxygens (including phenoxy) is 1. The highest BCUT2D eigenvalue weighted by molar-refractivity contribution is 5.95. The van der Waals surface area contributed by atoms with Crippen molar-refractivity contribution in [3.8, 4) is 0 Å². The Labute approximate surface area is 161 Å². The first-order chi connectivity index (χ1) is 13.5. The quantitative estimate of drug-likeness (QED) is 0.709. The zero-order chi connectivity index (χ0) is 20.1. The maximum atomic E-state index is 13.2. The van der Waals surface area contributed by atoms with Gasteiger partial charge in [-0.25, -0.2) is 9.18 Å². The minimum Gasteiger partial charge on any atom is -0.459 e. The van der Waals surface area contributed by atoms with E-state index in [4.69, 9.17) is 9.15 Å². The molecule has 1 unspecified atom stereocenters. The normalized spacial score (nSPS) is 16.1. The predicted molar refractivity (Wildman–Crippen MR) is 96.6 cm³/mol. The largest absolute Gasteiger partial charge is 0.459 e. The van der Waals surface area contributed by atoms with Crippen molar-refractivity contribution in [1.82, 2.24) is 9.80 Å². The van der Waals surface area contributed by atoms with Crippen LogP contribution in [-0.4, -0.2) is 53.8 Å². The maximum absolute atomic E-state index is 13.2. The molecule has 1 aliphatic heterocycles. The highest BCUT2D eigenvalue weighted by Crippen LogP contribution is 2.21. The van der Waals surface area contributed by atoms with Gasteiger partial charge in [-0.15, -0.1) is 0 Å². The number of amides is 2. The van der Waals surface area contributed by atoms with E-state index in [1.165, 1.54) is 34.3 Å². The summed E-state index contributed by atoms with van der Waals surface area (Å²) in [7, 11) is 1.55. The molecule has 2 aromatic rings. The molecule has 1 aliphatic rings. The Morgan fingerprint density at radius 3 is 2.82 bits per heavy atom. The second kappa shape index (κ2) is 8.69. The summed E-state index contributed by atoms with van der Waals surface area (Å²) in [5, 5.41) is 0. The molecule has 1 atom stereocenters. The minimum atomic E-state index is -0.737. The van der Waals surface area contributed by atoms with Gasteiger partial charge in [-0.2, -0.15) is 0 Å². The average molecular weight is 388 g/mol. The molecule has 0 spiro atoms. The highest BCUT2D eigenvalue weighted by Gasteiger charge is 2.36. The van der Waals surface area contributed by atoms with Crippen molar-refractivity contribution in [2.45, 2.75) is 25.4 Å². The minimum absolute atomic E-state index is 0.158. The number of carbonyl (C=O) groups excluding carboxylic acids is 3. The number of furan rings is 1. The smallest absolute Gasteiger partial charge is 0.329 e. The van der Waals surface area contributed by atoms with Gasteiger partial charge < -0.3 is 19.0 Å². The monoisotopic (exact) mass is 388 g/mol. The molecule has 1 aromatic carbocycles. The second-order valence-corrected chi connectivity index (χ2v) is 6.62. The molecule has 0 bridgehead atoms. The Kier molecular flexibility index (Phi) is 6.08. The Morgan fingerprint density at radius 2 is 2.11 bits per heavy atom. The van der Waals surface area contributed by atoms with Gasteiger partial charge in [0.1, 0.15) is 11.9 Å². The zero-order valence-corrected chi connectivity index (χ0v) is 15.5. The molecule has 0 radical (unpaired) electrons. The van der Waals surface area contributed by atoms with E-state index >= 15 is 0 Å². The number of hydrogen-bond donors (Lipinski definition) is 0. The van der Waals surface area contributed by atoms with Gasteiger partial charge in [-0.05, 0) is 42.7 Å². The van der Waals surface area contributed by atoms with Crippen LogP contribution in [0.3, 0.4) is 0 Å². The molecule has 0 saturated carbocycles. The fourth-order valence-corrected chi connectivity index (χ4v) is 3.13. The number of esters is 1. The van der Waals surface area contributed by atoms with Crippen LogP contribution in [0, 0.1) is 5.82 Å². The first-order valence-electron chi connectivity index (χ1n) is 8.95. The zero-order valence-electron chi connectivity index (χ0n) is 15.5. The summed E-state index contributed by atoms with van der Waals surface area (Å²) in [5.41, 5.74) is 0.633. The Bertz CT molecular complexity index is 852. The van der Waals surface area contributed by atoms with Crippen LogP contribution >= 0.6 is 0 Å². The number of likely N-dealkylation sites (tertiary alicyclic amines) is 1. The molecule has 8 heteroatoms. The van der Waals surface area contributed by atoms with E-state index in [-0.39, 0.29) is 24.0 Å². The van der Waals surface area contributed by atoms with E-state index < -0.39 is 24.5 Å². The standard InChI is InChI=1S/C20H21FN2O5/c1-22(12-14-5-2-6-15(21)11-14)18(24)13-28-20(26)16-7-3-9-23(16)19(25)17-8-4-10-27-17/h2,4-6,8,10-11,16H,3,7,9,12-13H2,1H3. The van der Waals surface area contributed by atoms with E-state index in [0.717, 1.165) is 0 Å². The molecule has 1 saturated heterocycles. The van der Waals surface area contributed by atoms with Crippen molar-refractivity contribution in [2.75, 3.05) is 20.2 Å². The maximum Gasteiger partial charge on any atom is 0.329 e. The number of halogens is 1. The van der Waals surface area contributed by atoms with Crippen LogP contribution in [0.1, 0.15) is 29.0 Å². The summed E-state index contributed by atoms with van der Waals surface area (Å²) in [5.74, 6) is -1.64. The number of benzene rings is 1. The molecular formula is C20H21FN2O5. The summed E-state index contributed by atoms with van der Waals surface area (Å²) in [4.78, 5) is 39.8. The number of carbonyl (C=O) groups is 3. The average Bonchev–Trinajstić information content (AvgIpc) is 3.37. The van der Waals surface area contributed by atoms with Gasteiger partial charge in [0.05, 0.1) is 6.26 Å². The van der Waals surface area contributed by atoms with Gasteiger partial charge in [0.2, 0.25) is 0 Å². The molecule has 7 nitrogen and oxygen atoms in total. The summed E-state index contributed by atoms with van der Waals surface area (Å²) >= 11 is 0. The van der Waals surface area contributed by atoms with Crippen molar-refractivity contribution in [3.63, 3.8) is 0 Å². The van der Waals surface area contributed by atoms with E-state index in [1.54, 1.807) is 25.2 Å². The summed E-state index contributed by atoms with van der Waals surface area (Å²) < 4.78 is 23.5. The van der Waals surface area contributed by atoms with Crippen molar-refractivity contribution < 1.29 is 27.9 Å². The third-order valence-electron chi connectivity index (χ3n) is 4.59. The fourth-order valence-electron chi connectivity index (χ4n) is 3.13. The number of nitrogens with zero attached hydrogens (tertiary/aromatic N) is 2. The van der Waals surface area contributed by atoms with Gasteiger partial charge >= 0.3 is 5.97 Å². The van der Waals surface area contributed by atoms with E-state index in [2.05, 4.69) is 0 Å². The fraction of sp³-hybridized carbons (Fsp3) is 0.350. The molecule has 3 rings (SSSR count). The van der Waals surface area contributed by atoms with Crippen molar-refractivity contribution in [3.05, 3.63) is 59.8 Å². The van der Waals surface area contributed by atoms with Crippen LogP contribution in [0.4, 0.5) is 4.39 Å². The van der Waals surface area contributed by atoms with Gasteiger partial charge in [0.15, 0.2) is 12.4 Å². The lowest BCUT2D eigenvalue weighted by molar-refractivity contribution is -0.155. The first-order valence-corrected chi connectivity index (χ1v) is 8.95. The van der Waals surface area contributed by atoms with E-state index in [0.29, 0.717) is 24.9 Å². The lowest BCUT2D eigenvalue weighted by atomic mass is 10.2. The van der Waals surface area contributed by atoms with Crippen LogP contribution in [0.5, 0.6) is 0 Å². The molecule has 28 heavy (non-hydrogen) atoms. The summed E-state index contributed by atoms with van der Waals surface area (Å²) in [6.45, 7) is 0.178. The van der Waals surface area contributed by atoms with Gasteiger partial charge in [-0.3, -0.25) is 9.59 Å². The molecule has 0 aliphatic carbocycles. The molecule has 1 aromatic heterocycles. The van der Waals surface area contributed by atoms with Crippen LogP contribution in [-0.2, 0) is 20.9 Å². The first kappa shape index (κ1) is 19.6. The summed E-state index contributed by atoms with van der Waals surface area (Å²) in [6, 6.07) is 8.33. The lowest BCUT2D eigenvalue weighted by Gasteiger charge is -2.23. The lowest BCUT2D eigenvalue weighted by Crippen LogP contribution is -2.42. The summed E-state index contributed by atoms with van der Waals surface area (Å²) in [6.07, 6.45) is 2.53. The van der Waals surface area contributed by atoms with Crippen LogP contribution in [0.2, 0.25) is 0 Å². The van der Waals surface area contributed by atoms with Gasteiger partial charge in [-0.1, -0.05) is 12.1 Å². The third-order valence-corrected chi connectivity index (χ3v) is 4.59. The van der Waals surface area contributed by atoms with Crippen LogP contribution in [0.15, 0.2) is 47.1 Å². The molecule has 2 heterocycles. The number of likely N-dealkylation sites (N-methyl/N-ethyl adjacent to an activating group) is 1. The van der Waals surface area contributed by atoms with Crippen LogP contribution < -0.4 is 0 Å². The molecule has 2 amide bonds. The van der Waals surface area contributed by atoms with Crippen molar-refractivity contribution in [1.29, 1.82) is 0 Å². The van der Waals surface area contributed by atoms with Gasteiger partial charge in [0.25, 0.3) is 11.8 Å². The SMILES string of the molecule is CN(Cc1cccc(F)c1)C(=O)COC(=O)C1CCCN1C(=O)c1ccco1. The number of hydrogen-bond acceptors (Lipinski definition) is 5. The molecule has 0 N–H and O–H groups in total. The van der Waals surface area contributed by atoms with Gasteiger partial charge in [0, 0.05) is 20.1 Å². The van der Waals surface area contributed by atoms with E-state index in [1.807, 2.05) is 0 Å². The second-order valence-electron chi connectivity index (χ2n) is 6.62. The molecule has 1 fully saturated rings. The van der Waals surface area contributed by atoms with Crippen molar-refractivity contribution >= 4 is 17.8 Å². The topological polar surface area (TPSA) is 80.1 Å². The number of rotatable bonds is 6. The molecular weight excluding hydrogens is 367 g/mol. The Morgan fingerprint density at radius 1 is 1.29 bits per heavy atom. The third kappa shape index (κ3) is 4.57. The van der Waals surface area contributed by atoms with E-state index in [9.17, 15) is 18.8 Å². The van der Waals surface area contributed by atoms with Crippen molar-refractivity contribution in [2.24, 2.45) is 0 Å². The van der Waals surface area contributed by atoms with Crippen LogP contribution in [0.25, 0.3) is 0 Å². The predicted octanol–water partition coefficient (Wildman–Crippen LogP) is 2.23. The Hall–Kier alpha value is -3.16. The molecule has 148 valence electrons. The highest BCUT2D eigenvalue weighted by atomic mass is 19.1. The Balaban J connectivity index is 1.52.